The molecule has 0 bridgehead atoms. The van der Waals surface area contributed by atoms with Gasteiger partial charge in [0.15, 0.2) is 5.78 Å². The summed E-state index contributed by atoms with van der Waals surface area (Å²) in [4.78, 5) is 12.7. The molecule has 0 radical (unpaired) electrons. The van der Waals surface area contributed by atoms with E-state index in [9.17, 15) is 14.3 Å². The fourth-order valence-electron chi connectivity index (χ4n) is 4.39. The monoisotopic (exact) mass is 368 g/mol. The molecular formula is C24H29FO2. The Hall–Kier alpha value is -2.16. The van der Waals surface area contributed by atoms with Crippen LogP contribution in [-0.4, -0.2) is 10.9 Å². The average Bonchev–Trinajstić information content (AvgIpc) is 2.85. The van der Waals surface area contributed by atoms with Crippen molar-refractivity contribution in [3.05, 3.63) is 70.3 Å². The van der Waals surface area contributed by atoms with Crippen molar-refractivity contribution in [2.24, 2.45) is 11.3 Å². The van der Waals surface area contributed by atoms with E-state index in [1.54, 1.807) is 0 Å². The molecular weight excluding hydrogens is 339 g/mol. The lowest BCUT2D eigenvalue weighted by molar-refractivity contribution is -0.117. The van der Waals surface area contributed by atoms with Gasteiger partial charge in [0.2, 0.25) is 0 Å². The molecule has 0 saturated heterocycles. The summed E-state index contributed by atoms with van der Waals surface area (Å²) in [5.74, 6) is 0.361. The van der Waals surface area contributed by atoms with Crippen LogP contribution in [0.2, 0.25) is 0 Å². The Kier molecular flexibility index (Phi) is 5.69. The molecule has 0 spiro atoms. The molecule has 1 N–H and O–H groups in total. The standard InChI is InChI=1S/C24H29FO2/c1-16-11-17(2)24(3,14-16)15-21-22(26)12-19(13-23(21)27)6-4-5-18-7-9-20(25)10-8-18/h7-11,14,19,26H,4-6,12-13,15H2,1-3H3/t19?,24-/m0/s1. The maximum absolute atomic E-state index is 13.0. The highest BCUT2D eigenvalue weighted by atomic mass is 19.1. The van der Waals surface area contributed by atoms with Gasteiger partial charge in [-0.2, -0.15) is 0 Å². The van der Waals surface area contributed by atoms with Crippen molar-refractivity contribution < 1.29 is 14.3 Å². The number of allylic oxidation sites excluding steroid dienone is 6. The highest BCUT2D eigenvalue weighted by Gasteiger charge is 2.35. The molecule has 2 aliphatic rings. The molecule has 0 fully saturated rings. The minimum absolute atomic E-state index is 0.0949. The first kappa shape index (κ1) is 19.6. The number of Topliss-reactive ketones (excluding diaryl/α,β-unsaturated/α-hetero) is 1. The highest BCUT2D eigenvalue weighted by Crippen LogP contribution is 2.44. The van der Waals surface area contributed by atoms with Crippen LogP contribution in [0.1, 0.15) is 58.4 Å². The quantitative estimate of drug-likeness (QED) is 0.645. The lowest BCUT2D eigenvalue weighted by Gasteiger charge is -2.30. The number of carbonyl (C=O) groups is 1. The predicted octanol–water partition coefficient (Wildman–Crippen LogP) is 6.24. The molecule has 1 unspecified atom stereocenters. The second kappa shape index (κ2) is 7.84. The lowest BCUT2D eigenvalue weighted by Crippen LogP contribution is -2.24. The molecule has 27 heavy (non-hydrogen) atoms. The van der Waals surface area contributed by atoms with Crippen LogP contribution in [-0.2, 0) is 11.2 Å². The van der Waals surface area contributed by atoms with Crippen molar-refractivity contribution in [1.29, 1.82) is 0 Å². The molecule has 144 valence electrons. The number of halogens is 1. The minimum atomic E-state index is -0.217. The molecule has 2 atom stereocenters. The van der Waals surface area contributed by atoms with Gasteiger partial charge in [0.05, 0.1) is 5.76 Å². The third-order valence-corrected chi connectivity index (χ3v) is 6.07. The van der Waals surface area contributed by atoms with Crippen LogP contribution < -0.4 is 0 Å². The average molecular weight is 368 g/mol. The number of aliphatic hydroxyl groups excluding tert-OH is 1. The zero-order chi connectivity index (χ0) is 19.6. The van der Waals surface area contributed by atoms with E-state index in [-0.39, 0.29) is 28.7 Å². The lowest BCUT2D eigenvalue weighted by atomic mass is 9.74. The minimum Gasteiger partial charge on any atom is -0.512 e. The Labute approximate surface area is 161 Å². The maximum Gasteiger partial charge on any atom is 0.162 e. The first-order valence-corrected chi connectivity index (χ1v) is 9.84. The summed E-state index contributed by atoms with van der Waals surface area (Å²) in [6.45, 7) is 6.30. The number of hydrogen-bond donors (Lipinski definition) is 1. The van der Waals surface area contributed by atoms with Crippen LogP contribution in [0.3, 0.4) is 0 Å². The molecule has 3 rings (SSSR count). The van der Waals surface area contributed by atoms with Crippen LogP contribution in [0.5, 0.6) is 0 Å². The summed E-state index contributed by atoms with van der Waals surface area (Å²) in [7, 11) is 0. The second-order valence-electron chi connectivity index (χ2n) is 8.45. The molecule has 0 saturated carbocycles. The normalized spacial score (nSPS) is 25.6. The van der Waals surface area contributed by atoms with E-state index in [4.69, 9.17) is 0 Å². The molecule has 0 aromatic heterocycles. The summed E-state index contributed by atoms with van der Waals surface area (Å²) in [5.41, 5.74) is 4.02. The van der Waals surface area contributed by atoms with Gasteiger partial charge in [-0.3, -0.25) is 4.79 Å². The van der Waals surface area contributed by atoms with E-state index >= 15 is 0 Å². The van der Waals surface area contributed by atoms with Crippen LogP contribution in [0.15, 0.2) is 58.9 Å². The van der Waals surface area contributed by atoms with E-state index in [0.29, 0.717) is 24.8 Å². The van der Waals surface area contributed by atoms with Crippen LogP contribution in [0.25, 0.3) is 0 Å². The number of carbonyl (C=O) groups excluding carboxylic acids is 1. The van der Waals surface area contributed by atoms with Gasteiger partial charge < -0.3 is 5.11 Å². The summed E-state index contributed by atoms with van der Waals surface area (Å²) in [6, 6.07) is 6.59. The van der Waals surface area contributed by atoms with Crippen LogP contribution in [0.4, 0.5) is 4.39 Å². The molecule has 2 aliphatic carbocycles. The van der Waals surface area contributed by atoms with Crippen molar-refractivity contribution in [2.45, 2.75) is 59.3 Å². The van der Waals surface area contributed by atoms with Gasteiger partial charge in [-0.25, -0.2) is 4.39 Å². The van der Waals surface area contributed by atoms with E-state index in [1.165, 1.54) is 23.3 Å². The summed E-state index contributed by atoms with van der Waals surface area (Å²) >= 11 is 0. The van der Waals surface area contributed by atoms with E-state index < -0.39 is 0 Å². The number of ketones is 1. The van der Waals surface area contributed by atoms with Gasteiger partial charge in [-0.15, -0.1) is 0 Å². The molecule has 1 aromatic rings. The van der Waals surface area contributed by atoms with Crippen molar-refractivity contribution in [3.8, 4) is 0 Å². The van der Waals surface area contributed by atoms with E-state index in [0.717, 1.165) is 24.8 Å². The fourth-order valence-corrected chi connectivity index (χ4v) is 4.39. The molecule has 0 aliphatic heterocycles. The summed E-state index contributed by atoms with van der Waals surface area (Å²) in [5, 5.41) is 10.6. The molecule has 1 aromatic carbocycles. The Balaban J connectivity index is 1.58. The Morgan fingerprint density at radius 2 is 1.89 bits per heavy atom. The molecule has 0 amide bonds. The second-order valence-corrected chi connectivity index (χ2v) is 8.45. The Morgan fingerprint density at radius 3 is 2.48 bits per heavy atom. The maximum atomic E-state index is 13.0. The molecule has 2 nitrogen and oxygen atoms in total. The van der Waals surface area contributed by atoms with Gasteiger partial charge in [0.1, 0.15) is 5.82 Å². The summed E-state index contributed by atoms with van der Waals surface area (Å²) < 4.78 is 13.0. The van der Waals surface area contributed by atoms with Crippen molar-refractivity contribution in [3.63, 3.8) is 0 Å². The smallest absolute Gasteiger partial charge is 0.162 e. The fraction of sp³-hybridized carbons (Fsp3) is 0.458. The topological polar surface area (TPSA) is 37.3 Å². The van der Waals surface area contributed by atoms with Gasteiger partial charge in [-0.05, 0) is 63.1 Å². The third kappa shape index (κ3) is 4.58. The van der Waals surface area contributed by atoms with Crippen LogP contribution in [0, 0.1) is 17.2 Å². The zero-order valence-corrected chi connectivity index (χ0v) is 16.5. The van der Waals surface area contributed by atoms with Gasteiger partial charge in [0.25, 0.3) is 0 Å². The molecule has 0 heterocycles. The predicted molar refractivity (Wildman–Crippen MR) is 107 cm³/mol. The third-order valence-electron chi connectivity index (χ3n) is 6.07. The first-order valence-electron chi connectivity index (χ1n) is 9.84. The first-order chi connectivity index (χ1) is 12.8. The SMILES string of the molecule is CC1=C[C@@](C)(CC2=C(O)CC(CCCc3ccc(F)cc3)CC2=O)C(C)=C1. The van der Waals surface area contributed by atoms with E-state index in [1.807, 2.05) is 12.1 Å². The number of benzene rings is 1. The van der Waals surface area contributed by atoms with Crippen molar-refractivity contribution >= 4 is 5.78 Å². The largest absolute Gasteiger partial charge is 0.512 e. The number of hydrogen-bond acceptors (Lipinski definition) is 2. The van der Waals surface area contributed by atoms with Gasteiger partial charge >= 0.3 is 0 Å². The van der Waals surface area contributed by atoms with E-state index in [2.05, 4.69) is 32.9 Å². The van der Waals surface area contributed by atoms with Crippen molar-refractivity contribution in [1.82, 2.24) is 0 Å². The van der Waals surface area contributed by atoms with Gasteiger partial charge in [-0.1, -0.05) is 42.4 Å². The van der Waals surface area contributed by atoms with Crippen LogP contribution >= 0.6 is 0 Å². The van der Waals surface area contributed by atoms with Crippen molar-refractivity contribution in [2.75, 3.05) is 0 Å². The Bertz CT molecular complexity index is 813. The number of aliphatic hydroxyl groups is 1. The van der Waals surface area contributed by atoms with Gasteiger partial charge in [0, 0.05) is 23.8 Å². The molecule has 3 heteroatoms. The summed E-state index contributed by atoms with van der Waals surface area (Å²) in [6.07, 6.45) is 8.75. The number of aryl methyl sites for hydroxylation is 1. The zero-order valence-electron chi connectivity index (χ0n) is 16.5. The highest BCUT2D eigenvalue weighted by molar-refractivity contribution is 5.97. The number of rotatable bonds is 6. The Morgan fingerprint density at radius 1 is 1.19 bits per heavy atom.